The highest BCUT2D eigenvalue weighted by molar-refractivity contribution is 5.84. The minimum atomic E-state index is -4.40. The first-order chi connectivity index (χ1) is 10.5. The van der Waals surface area contributed by atoms with E-state index in [4.69, 9.17) is 14.4 Å². The van der Waals surface area contributed by atoms with Crippen molar-refractivity contribution in [3.05, 3.63) is 53.9 Å². The van der Waals surface area contributed by atoms with Crippen LogP contribution in [0.3, 0.4) is 0 Å². The number of nitriles is 1. The molecule has 0 amide bonds. The van der Waals surface area contributed by atoms with E-state index in [0.717, 1.165) is 12.1 Å². The zero-order valence-electron chi connectivity index (χ0n) is 10.9. The maximum absolute atomic E-state index is 12.5. The Morgan fingerprint density at radius 3 is 2.45 bits per heavy atom. The molecule has 3 rings (SSSR count). The summed E-state index contributed by atoms with van der Waals surface area (Å²) < 4.78 is 48.1. The van der Waals surface area contributed by atoms with Gasteiger partial charge < -0.3 is 9.15 Å². The molecule has 2 aromatic carbocycles. The third-order valence-corrected chi connectivity index (χ3v) is 2.98. The van der Waals surface area contributed by atoms with Crippen LogP contribution in [0.4, 0.5) is 13.2 Å². The number of hydrogen-bond donors (Lipinski definition) is 0. The molecule has 0 spiro atoms. The zero-order chi connectivity index (χ0) is 15.7. The van der Waals surface area contributed by atoms with Gasteiger partial charge in [-0.15, -0.1) is 0 Å². The summed E-state index contributed by atoms with van der Waals surface area (Å²) in [6, 6.07) is 9.25. The lowest BCUT2D eigenvalue weighted by Gasteiger charge is -2.09. The van der Waals surface area contributed by atoms with Crippen LogP contribution >= 0.6 is 0 Å². The molecule has 1 aromatic heterocycles. The van der Waals surface area contributed by atoms with Gasteiger partial charge in [-0.3, -0.25) is 0 Å². The van der Waals surface area contributed by atoms with Gasteiger partial charge in [0.25, 0.3) is 0 Å². The van der Waals surface area contributed by atoms with Gasteiger partial charge in [-0.1, -0.05) is 0 Å². The molecule has 0 aliphatic rings. The normalized spacial score (nSPS) is 11.4. The lowest BCUT2D eigenvalue weighted by Crippen LogP contribution is -2.04. The molecule has 0 unspecified atom stereocenters. The molecule has 7 heteroatoms. The van der Waals surface area contributed by atoms with Crippen molar-refractivity contribution in [2.45, 2.75) is 6.18 Å². The average Bonchev–Trinajstić information content (AvgIpc) is 2.97. The predicted octanol–water partition coefficient (Wildman–Crippen LogP) is 4.51. The summed E-state index contributed by atoms with van der Waals surface area (Å²) >= 11 is 0. The van der Waals surface area contributed by atoms with Crippen LogP contribution in [-0.4, -0.2) is 4.98 Å². The second-order valence-corrected chi connectivity index (χ2v) is 4.38. The predicted molar refractivity (Wildman–Crippen MR) is 70.2 cm³/mol. The second-order valence-electron chi connectivity index (χ2n) is 4.38. The first kappa shape index (κ1) is 13.9. The lowest BCUT2D eigenvalue weighted by molar-refractivity contribution is -0.137. The molecule has 0 aliphatic heterocycles. The van der Waals surface area contributed by atoms with Gasteiger partial charge in [0.2, 0.25) is 0 Å². The fraction of sp³-hybridized carbons (Fsp3) is 0.0667. The number of oxazole rings is 1. The standard InChI is InChI=1S/C15H7F3N2O2/c16-15(17,18)10-2-4-11(5-3-10)22-12-6-1-9(7-19)14-13(12)20-8-21-14/h1-6,8H. The van der Waals surface area contributed by atoms with Crippen molar-refractivity contribution in [3.8, 4) is 17.6 Å². The first-order valence-corrected chi connectivity index (χ1v) is 6.10. The quantitative estimate of drug-likeness (QED) is 0.699. The van der Waals surface area contributed by atoms with E-state index in [0.29, 0.717) is 16.8 Å². The van der Waals surface area contributed by atoms with E-state index < -0.39 is 11.7 Å². The Balaban J connectivity index is 1.94. The summed E-state index contributed by atoms with van der Waals surface area (Å²) in [6.45, 7) is 0. The van der Waals surface area contributed by atoms with Crippen LogP contribution in [-0.2, 0) is 6.18 Å². The fourth-order valence-electron chi connectivity index (χ4n) is 1.94. The van der Waals surface area contributed by atoms with E-state index in [-0.39, 0.29) is 11.3 Å². The van der Waals surface area contributed by atoms with E-state index in [1.54, 1.807) is 0 Å². The van der Waals surface area contributed by atoms with Crippen molar-refractivity contribution >= 4 is 11.1 Å². The van der Waals surface area contributed by atoms with Crippen molar-refractivity contribution in [2.75, 3.05) is 0 Å². The van der Waals surface area contributed by atoms with Crippen LogP contribution in [0.25, 0.3) is 11.1 Å². The maximum atomic E-state index is 12.5. The van der Waals surface area contributed by atoms with Gasteiger partial charge in [-0.2, -0.15) is 18.4 Å². The average molecular weight is 304 g/mol. The van der Waals surface area contributed by atoms with Crippen LogP contribution in [0.5, 0.6) is 11.5 Å². The third-order valence-electron chi connectivity index (χ3n) is 2.98. The number of aromatic nitrogens is 1. The third kappa shape index (κ3) is 2.46. The number of hydrogen-bond acceptors (Lipinski definition) is 4. The molecule has 0 N–H and O–H groups in total. The summed E-state index contributed by atoms with van der Waals surface area (Å²) in [4.78, 5) is 3.96. The number of halogens is 3. The Morgan fingerprint density at radius 2 is 1.82 bits per heavy atom. The van der Waals surface area contributed by atoms with E-state index in [2.05, 4.69) is 4.98 Å². The minimum Gasteiger partial charge on any atom is -0.455 e. The summed E-state index contributed by atoms with van der Waals surface area (Å²) in [7, 11) is 0. The molecule has 0 saturated carbocycles. The Morgan fingerprint density at radius 1 is 1.09 bits per heavy atom. The molecule has 22 heavy (non-hydrogen) atoms. The van der Waals surface area contributed by atoms with E-state index in [9.17, 15) is 13.2 Å². The molecule has 0 fully saturated rings. The number of rotatable bonds is 2. The topological polar surface area (TPSA) is 59.0 Å². The van der Waals surface area contributed by atoms with Crippen LogP contribution in [0.15, 0.2) is 47.2 Å². The minimum absolute atomic E-state index is 0.224. The Hall–Kier alpha value is -3.01. The molecule has 0 bridgehead atoms. The molecule has 1 heterocycles. The van der Waals surface area contributed by atoms with E-state index >= 15 is 0 Å². The van der Waals surface area contributed by atoms with Gasteiger partial charge in [0.1, 0.15) is 11.8 Å². The van der Waals surface area contributed by atoms with E-state index in [1.807, 2.05) is 6.07 Å². The Labute approximate surface area is 122 Å². The molecule has 0 atom stereocenters. The van der Waals surface area contributed by atoms with Gasteiger partial charge in [-0.05, 0) is 36.4 Å². The summed E-state index contributed by atoms with van der Waals surface area (Å²) in [6.07, 6.45) is -3.22. The summed E-state index contributed by atoms with van der Waals surface area (Å²) in [5.74, 6) is 0.518. The molecular weight excluding hydrogens is 297 g/mol. The SMILES string of the molecule is N#Cc1ccc(Oc2ccc(C(F)(F)F)cc2)c2ncoc12. The van der Waals surface area contributed by atoms with E-state index in [1.165, 1.54) is 30.7 Å². The highest BCUT2D eigenvalue weighted by Gasteiger charge is 2.30. The Bertz CT molecular complexity index is 861. The van der Waals surface area contributed by atoms with Gasteiger partial charge in [0.15, 0.2) is 23.2 Å². The molecule has 0 radical (unpaired) electrons. The lowest BCUT2D eigenvalue weighted by atomic mass is 10.2. The molecule has 3 aromatic rings. The molecule has 4 nitrogen and oxygen atoms in total. The van der Waals surface area contributed by atoms with Gasteiger partial charge in [0.05, 0.1) is 11.1 Å². The number of nitrogens with zero attached hydrogens (tertiary/aromatic N) is 2. The molecule has 0 aliphatic carbocycles. The molecular formula is C15H7F3N2O2. The zero-order valence-corrected chi connectivity index (χ0v) is 10.9. The van der Waals surface area contributed by atoms with Crippen LogP contribution < -0.4 is 4.74 Å². The van der Waals surface area contributed by atoms with Gasteiger partial charge in [-0.25, -0.2) is 4.98 Å². The van der Waals surface area contributed by atoms with Crippen molar-refractivity contribution in [1.29, 1.82) is 5.26 Å². The largest absolute Gasteiger partial charge is 0.455 e. The number of alkyl halides is 3. The van der Waals surface area contributed by atoms with Crippen LogP contribution in [0.1, 0.15) is 11.1 Å². The van der Waals surface area contributed by atoms with Crippen molar-refractivity contribution in [2.24, 2.45) is 0 Å². The summed E-state index contributed by atoms with van der Waals surface area (Å²) in [5, 5.41) is 8.96. The highest BCUT2D eigenvalue weighted by Crippen LogP contribution is 2.33. The van der Waals surface area contributed by atoms with Crippen molar-refractivity contribution in [3.63, 3.8) is 0 Å². The molecule has 0 saturated heterocycles. The second kappa shape index (κ2) is 5.07. The van der Waals surface area contributed by atoms with Crippen LogP contribution in [0, 0.1) is 11.3 Å². The van der Waals surface area contributed by atoms with Gasteiger partial charge >= 0.3 is 6.18 Å². The number of ether oxygens (including phenoxy) is 1. The first-order valence-electron chi connectivity index (χ1n) is 6.10. The summed E-state index contributed by atoms with van der Waals surface area (Å²) in [5.41, 5.74) is 0.143. The van der Waals surface area contributed by atoms with Gasteiger partial charge in [0, 0.05) is 0 Å². The smallest absolute Gasteiger partial charge is 0.416 e. The highest BCUT2D eigenvalue weighted by atomic mass is 19.4. The van der Waals surface area contributed by atoms with Crippen LogP contribution in [0.2, 0.25) is 0 Å². The van der Waals surface area contributed by atoms with Crippen molar-refractivity contribution < 1.29 is 22.3 Å². The Kier molecular flexibility index (Phi) is 3.22. The molecule has 110 valence electrons. The number of fused-ring (bicyclic) bond motifs is 1. The maximum Gasteiger partial charge on any atom is 0.416 e. The fourth-order valence-corrected chi connectivity index (χ4v) is 1.94. The number of benzene rings is 2. The van der Waals surface area contributed by atoms with Crippen molar-refractivity contribution in [1.82, 2.24) is 4.98 Å². The monoisotopic (exact) mass is 304 g/mol.